The number of hydrogen-bond donors (Lipinski definition) is 0. The van der Waals surface area contributed by atoms with Crippen LogP contribution in [0.25, 0.3) is 0 Å². The summed E-state index contributed by atoms with van der Waals surface area (Å²) < 4.78 is 7.14. The molecule has 0 unspecified atom stereocenters. The highest BCUT2D eigenvalue weighted by atomic mass is 16.5. The maximum atomic E-state index is 12.8. The van der Waals surface area contributed by atoms with E-state index in [1.54, 1.807) is 16.9 Å². The first kappa shape index (κ1) is 18.5. The van der Waals surface area contributed by atoms with Gasteiger partial charge in [-0.25, -0.2) is 0 Å². The quantitative estimate of drug-likeness (QED) is 0.689. The Bertz CT molecular complexity index is 564. The van der Waals surface area contributed by atoms with Crippen LogP contribution in [-0.4, -0.2) is 59.0 Å². The largest absolute Gasteiger partial charge is 0.383 e. The molecule has 24 heavy (non-hydrogen) atoms. The highest BCUT2D eigenvalue weighted by molar-refractivity contribution is 5.87. The first-order valence-electron chi connectivity index (χ1n) is 8.61. The molecule has 134 valence electrons. The SMILES string of the molecule is COCCN(Cc1cccn1C)C(=O)CN(C(=O)C1CC1)C(C)C. The summed E-state index contributed by atoms with van der Waals surface area (Å²) in [5.74, 6) is 0.209. The highest BCUT2D eigenvalue weighted by Crippen LogP contribution is 2.31. The highest BCUT2D eigenvalue weighted by Gasteiger charge is 2.35. The van der Waals surface area contributed by atoms with Crippen molar-refractivity contribution >= 4 is 11.8 Å². The van der Waals surface area contributed by atoms with Crippen LogP contribution < -0.4 is 0 Å². The van der Waals surface area contributed by atoms with Crippen LogP contribution in [0.2, 0.25) is 0 Å². The van der Waals surface area contributed by atoms with Gasteiger partial charge in [0.1, 0.15) is 0 Å². The van der Waals surface area contributed by atoms with Crippen LogP contribution in [0.5, 0.6) is 0 Å². The van der Waals surface area contributed by atoms with E-state index in [2.05, 4.69) is 0 Å². The summed E-state index contributed by atoms with van der Waals surface area (Å²) in [6.07, 6.45) is 3.87. The van der Waals surface area contributed by atoms with E-state index < -0.39 is 0 Å². The van der Waals surface area contributed by atoms with E-state index in [-0.39, 0.29) is 30.3 Å². The lowest BCUT2D eigenvalue weighted by Gasteiger charge is -2.30. The van der Waals surface area contributed by atoms with Crippen molar-refractivity contribution in [3.05, 3.63) is 24.0 Å². The predicted octanol–water partition coefficient (Wildman–Crippen LogP) is 1.65. The molecule has 2 rings (SSSR count). The number of rotatable bonds is 9. The standard InChI is InChI=1S/C18H29N3O3/c1-14(2)21(18(23)15-7-8-15)13-17(22)20(10-11-24-4)12-16-6-5-9-19(16)3/h5-6,9,14-15H,7-8,10-13H2,1-4H3. The molecule has 0 radical (unpaired) electrons. The van der Waals surface area contributed by atoms with Crippen LogP contribution in [0.3, 0.4) is 0 Å². The molecule has 0 spiro atoms. The number of aromatic nitrogens is 1. The number of carbonyl (C=O) groups is 2. The average Bonchev–Trinajstić information content (AvgIpc) is 3.31. The minimum Gasteiger partial charge on any atom is -0.383 e. The smallest absolute Gasteiger partial charge is 0.242 e. The summed E-state index contributed by atoms with van der Waals surface area (Å²) in [5, 5.41) is 0. The Morgan fingerprint density at radius 3 is 2.58 bits per heavy atom. The topological polar surface area (TPSA) is 54.8 Å². The van der Waals surface area contributed by atoms with E-state index in [0.717, 1.165) is 18.5 Å². The predicted molar refractivity (Wildman–Crippen MR) is 92.3 cm³/mol. The van der Waals surface area contributed by atoms with Gasteiger partial charge in [-0.1, -0.05) is 0 Å². The van der Waals surface area contributed by atoms with Gasteiger partial charge in [0.05, 0.1) is 19.7 Å². The zero-order valence-electron chi connectivity index (χ0n) is 15.2. The van der Waals surface area contributed by atoms with Crippen molar-refractivity contribution < 1.29 is 14.3 Å². The lowest BCUT2D eigenvalue weighted by molar-refractivity contribution is -0.143. The molecule has 1 heterocycles. The zero-order chi connectivity index (χ0) is 17.7. The second-order valence-electron chi connectivity index (χ2n) is 6.75. The van der Waals surface area contributed by atoms with Crippen molar-refractivity contribution in [2.24, 2.45) is 13.0 Å². The molecule has 1 fully saturated rings. The van der Waals surface area contributed by atoms with Crippen LogP contribution in [-0.2, 0) is 27.9 Å². The Morgan fingerprint density at radius 1 is 1.38 bits per heavy atom. The van der Waals surface area contributed by atoms with Crippen molar-refractivity contribution in [1.82, 2.24) is 14.4 Å². The van der Waals surface area contributed by atoms with Crippen molar-refractivity contribution in [1.29, 1.82) is 0 Å². The molecule has 2 amide bonds. The fourth-order valence-corrected chi connectivity index (χ4v) is 2.68. The van der Waals surface area contributed by atoms with E-state index in [1.165, 1.54) is 0 Å². The molecule has 6 nitrogen and oxygen atoms in total. The van der Waals surface area contributed by atoms with Crippen LogP contribution in [0, 0.1) is 5.92 Å². The molecule has 0 bridgehead atoms. The van der Waals surface area contributed by atoms with E-state index in [9.17, 15) is 9.59 Å². The lowest BCUT2D eigenvalue weighted by Crippen LogP contribution is -2.47. The molecule has 0 atom stereocenters. The molecule has 6 heteroatoms. The fourth-order valence-electron chi connectivity index (χ4n) is 2.68. The third-order valence-electron chi connectivity index (χ3n) is 4.46. The summed E-state index contributed by atoms with van der Waals surface area (Å²) in [7, 11) is 3.59. The second-order valence-corrected chi connectivity index (χ2v) is 6.75. The van der Waals surface area contributed by atoms with Crippen LogP contribution in [0.15, 0.2) is 18.3 Å². The van der Waals surface area contributed by atoms with Crippen molar-refractivity contribution in [2.45, 2.75) is 39.3 Å². The zero-order valence-corrected chi connectivity index (χ0v) is 15.2. The summed E-state index contributed by atoms with van der Waals surface area (Å²) >= 11 is 0. The number of carbonyl (C=O) groups excluding carboxylic acids is 2. The summed E-state index contributed by atoms with van der Waals surface area (Å²) in [6, 6.07) is 4.00. The first-order valence-corrected chi connectivity index (χ1v) is 8.61. The molecular weight excluding hydrogens is 306 g/mol. The number of methoxy groups -OCH3 is 1. The van der Waals surface area contributed by atoms with E-state index in [1.807, 2.05) is 43.8 Å². The maximum absolute atomic E-state index is 12.8. The van der Waals surface area contributed by atoms with Gasteiger partial charge < -0.3 is 19.1 Å². The van der Waals surface area contributed by atoms with Gasteiger partial charge in [0, 0.05) is 44.6 Å². The first-order chi connectivity index (χ1) is 11.4. The maximum Gasteiger partial charge on any atom is 0.242 e. The van der Waals surface area contributed by atoms with Gasteiger partial charge in [0.2, 0.25) is 11.8 Å². The fraction of sp³-hybridized carbons (Fsp3) is 0.667. The molecule has 0 N–H and O–H groups in total. The Balaban J connectivity index is 2.04. The summed E-state index contributed by atoms with van der Waals surface area (Å²) in [6.45, 7) is 5.59. The molecule has 0 saturated heterocycles. The molecular formula is C18H29N3O3. The third kappa shape index (κ3) is 4.84. The Kier molecular flexibility index (Phi) is 6.43. The van der Waals surface area contributed by atoms with Crippen molar-refractivity contribution in [2.75, 3.05) is 26.8 Å². The van der Waals surface area contributed by atoms with Gasteiger partial charge in [0.25, 0.3) is 0 Å². The van der Waals surface area contributed by atoms with Gasteiger partial charge >= 0.3 is 0 Å². The molecule has 0 aliphatic heterocycles. The minimum atomic E-state index is -0.0315. The summed E-state index contributed by atoms with van der Waals surface area (Å²) in [5.41, 5.74) is 1.06. The van der Waals surface area contributed by atoms with Gasteiger partial charge in [0.15, 0.2) is 0 Å². The van der Waals surface area contributed by atoms with Crippen molar-refractivity contribution in [3.63, 3.8) is 0 Å². The molecule has 1 aromatic heterocycles. The minimum absolute atomic E-state index is 0.0290. The van der Waals surface area contributed by atoms with Crippen LogP contribution >= 0.6 is 0 Å². The number of nitrogens with zero attached hydrogens (tertiary/aromatic N) is 3. The Labute approximate surface area is 144 Å². The Hall–Kier alpha value is -1.82. The number of hydrogen-bond acceptors (Lipinski definition) is 3. The van der Waals surface area contributed by atoms with Crippen LogP contribution in [0.4, 0.5) is 0 Å². The van der Waals surface area contributed by atoms with E-state index in [4.69, 9.17) is 4.74 Å². The summed E-state index contributed by atoms with van der Waals surface area (Å²) in [4.78, 5) is 28.7. The van der Waals surface area contributed by atoms with E-state index >= 15 is 0 Å². The third-order valence-corrected chi connectivity index (χ3v) is 4.46. The molecule has 1 saturated carbocycles. The number of ether oxygens (including phenoxy) is 1. The molecule has 1 aromatic rings. The van der Waals surface area contributed by atoms with Crippen molar-refractivity contribution in [3.8, 4) is 0 Å². The van der Waals surface area contributed by atoms with Gasteiger partial charge in [-0.05, 0) is 38.8 Å². The average molecular weight is 335 g/mol. The van der Waals surface area contributed by atoms with Gasteiger partial charge in [-0.2, -0.15) is 0 Å². The Morgan fingerprint density at radius 2 is 2.08 bits per heavy atom. The van der Waals surface area contributed by atoms with Crippen LogP contribution in [0.1, 0.15) is 32.4 Å². The second kappa shape index (κ2) is 8.33. The van der Waals surface area contributed by atoms with Gasteiger partial charge in [-0.15, -0.1) is 0 Å². The molecule has 1 aliphatic rings. The normalized spacial score (nSPS) is 14.0. The molecule has 1 aliphatic carbocycles. The van der Waals surface area contributed by atoms with Gasteiger partial charge in [-0.3, -0.25) is 9.59 Å². The monoisotopic (exact) mass is 335 g/mol. The number of amides is 2. The molecule has 0 aromatic carbocycles. The lowest BCUT2D eigenvalue weighted by atomic mass is 10.2. The number of aryl methyl sites for hydroxylation is 1. The van der Waals surface area contributed by atoms with E-state index in [0.29, 0.717) is 19.7 Å².